The molecule has 0 aliphatic carbocycles. The van der Waals surface area contributed by atoms with Crippen molar-refractivity contribution in [3.8, 4) is 0 Å². The van der Waals surface area contributed by atoms with Gasteiger partial charge in [0.1, 0.15) is 17.6 Å². The van der Waals surface area contributed by atoms with Crippen molar-refractivity contribution < 1.29 is 22.8 Å². The first kappa shape index (κ1) is 20.7. The van der Waals surface area contributed by atoms with Gasteiger partial charge in [0.05, 0.1) is 11.7 Å². The number of amides is 3. The van der Waals surface area contributed by atoms with E-state index in [1.807, 2.05) is 10.2 Å². The number of anilines is 4. The number of urea groups is 1. The van der Waals surface area contributed by atoms with Gasteiger partial charge in [-0.25, -0.2) is 14.8 Å². The molecule has 2 aliphatic rings. The first-order valence-corrected chi connectivity index (χ1v) is 9.59. The number of nitrogen functional groups attached to an aromatic ring is 1. The lowest BCUT2D eigenvalue weighted by Crippen LogP contribution is -2.49. The quantitative estimate of drug-likeness (QED) is 0.682. The van der Waals surface area contributed by atoms with Crippen LogP contribution in [0.1, 0.15) is 23.8 Å². The summed E-state index contributed by atoms with van der Waals surface area (Å²) in [6.07, 6.45) is -2.44. The number of alkyl halides is 3. The van der Waals surface area contributed by atoms with Crippen LogP contribution in [0.4, 0.5) is 41.0 Å². The number of nitrogens with two attached hydrogens (primary N) is 1. The molecule has 2 aliphatic heterocycles. The van der Waals surface area contributed by atoms with Crippen LogP contribution >= 0.6 is 0 Å². The number of hydrogen-bond donors (Lipinski definition) is 3. The minimum Gasteiger partial charge on any atom is -0.399 e. The van der Waals surface area contributed by atoms with E-state index >= 15 is 0 Å². The first-order chi connectivity index (χ1) is 14.6. The highest BCUT2D eigenvalue weighted by molar-refractivity contribution is 6.05. The molecule has 3 amide bonds. The van der Waals surface area contributed by atoms with Crippen molar-refractivity contribution in [2.45, 2.75) is 31.6 Å². The summed E-state index contributed by atoms with van der Waals surface area (Å²) in [5.41, 5.74) is 6.57. The molecule has 0 spiro atoms. The predicted molar refractivity (Wildman–Crippen MR) is 108 cm³/mol. The smallest absolute Gasteiger partial charge is 0.399 e. The second kappa shape index (κ2) is 7.60. The van der Waals surface area contributed by atoms with Crippen molar-refractivity contribution in [3.63, 3.8) is 0 Å². The minimum atomic E-state index is -4.58. The van der Waals surface area contributed by atoms with Crippen LogP contribution in [-0.2, 0) is 0 Å². The van der Waals surface area contributed by atoms with Gasteiger partial charge in [-0.15, -0.1) is 0 Å². The molecule has 2 atom stereocenters. The third kappa shape index (κ3) is 4.05. The van der Waals surface area contributed by atoms with E-state index in [9.17, 15) is 22.8 Å². The van der Waals surface area contributed by atoms with Crippen LogP contribution in [0.15, 0.2) is 30.5 Å². The molecule has 4 N–H and O–H groups in total. The van der Waals surface area contributed by atoms with Crippen LogP contribution < -0.4 is 26.2 Å². The maximum absolute atomic E-state index is 13.0. The molecule has 0 aromatic carbocycles. The van der Waals surface area contributed by atoms with Gasteiger partial charge < -0.3 is 16.0 Å². The van der Waals surface area contributed by atoms with Crippen molar-refractivity contribution in [3.05, 3.63) is 36.2 Å². The first-order valence-electron chi connectivity index (χ1n) is 9.59. The number of carbonyl (C=O) groups excluding carboxylic acids is 2. The summed E-state index contributed by atoms with van der Waals surface area (Å²) in [4.78, 5) is 37.1. The highest BCUT2D eigenvalue weighted by atomic mass is 19.4. The van der Waals surface area contributed by atoms with E-state index in [4.69, 9.17) is 5.73 Å². The zero-order valence-electron chi connectivity index (χ0n) is 16.5. The van der Waals surface area contributed by atoms with E-state index in [2.05, 4.69) is 15.3 Å². The largest absolute Gasteiger partial charge is 0.408 e. The maximum Gasteiger partial charge on any atom is 0.408 e. The predicted octanol–water partition coefficient (Wildman–Crippen LogP) is 2.37. The van der Waals surface area contributed by atoms with E-state index in [0.29, 0.717) is 30.9 Å². The Balaban J connectivity index is 1.63. The van der Waals surface area contributed by atoms with Gasteiger partial charge in [0, 0.05) is 31.0 Å². The molecule has 4 heterocycles. The molecule has 9 nitrogen and oxygen atoms in total. The number of nitrogens with one attached hydrogen (secondary N) is 2. The number of hydrogen-bond acceptors (Lipinski definition) is 6. The Morgan fingerprint density at radius 2 is 2.06 bits per heavy atom. The van der Waals surface area contributed by atoms with E-state index in [1.165, 1.54) is 23.2 Å². The van der Waals surface area contributed by atoms with E-state index in [-0.39, 0.29) is 23.4 Å². The Hall–Kier alpha value is -3.57. The minimum absolute atomic E-state index is 0.200. The van der Waals surface area contributed by atoms with Crippen molar-refractivity contribution in [1.82, 2.24) is 15.3 Å². The van der Waals surface area contributed by atoms with Crippen LogP contribution in [-0.4, -0.2) is 53.3 Å². The zero-order valence-corrected chi connectivity index (χ0v) is 16.5. The average molecular weight is 435 g/mol. The molecule has 2 aromatic heterocycles. The lowest BCUT2D eigenvalue weighted by atomic mass is 10.1. The van der Waals surface area contributed by atoms with Crippen LogP contribution in [0.25, 0.3) is 0 Å². The summed E-state index contributed by atoms with van der Waals surface area (Å²) in [7, 11) is 0. The van der Waals surface area contributed by atoms with Gasteiger partial charge in [0.15, 0.2) is 5.82 Å². The van der Waals surface area contributed by atoms with E-state index in [1.54, 1.807) is 12.1 Å². The summed E-state index contributed by atoms with van der Waals surface area (Å²) in [6.45, 7) is 2.12. The SMILES string of the molecule is C[C@@H](NC(=O)c1ccc2c(n1)N(C(=O)Nc1cc(N)ccn1)C1CCN2C1)C(F)(F)F. The van der Waals surface area contributed by atoms with Crippen LogP contribution in [0.3, 0.4) is 0 Å². The fourth-order valence-electron chi connectivity index (χ4n) is 3.64. The average Bonchev–Trinajstić information content (AvgIpc) is 3.11. The monoisotopic (exact) mass is 435 g/mol. The van der Waals surface area contributed by atoms with Gasteiger partial charge in [-0.3, -0.25) is 15.0 Å². The van der Waals surface area contributed by atoms with Gasteiger partial charge in [0.2, 0.25) is 0 Å². The molecule has 1 unspecified atom stereocenters. The number of nitrogens with zero attached hydrogens (tertiary/aromatic N) is 4. The summed E-state index contributed by atoms with van der Waals surface area (Å²) in [6, 6.07) is 3.27. The Labute approximate surface area is 175 Å². The lowest BCUT2D eigenvalue weighted by molar-refractivity contribution is -0.149. The third-order valence-electron chi connectivity index (χ3n) is 5.26. The second-order valence-corrected chi connectivity index (χ2v) is 7.44. The van der Waals surface area contributed by atoms with Gasteiger partial charge in [0.25, 0.3) is 5.91 Å². The fraction of sp³-hybridized carbons (Fsp3) is 0.368. The Morgan fingerprint density at radius 3 is 2.77 bits per heavy atom. The Morgan fingerprint density at radius 1 is 1.29 bits per heavy atom. The number of aromatic nitrogens is 2. The highest BCUT2D eigenvalue weighted by Gasteiger charge is 2.41. The normalized spacial score (nSPS) is 18.4. The summed E-state index contributed by atoms with van der Waals surface area (Å²) < 4.78 is 38.4. The molecule has 0 saturated carbocycles. The van der Waals surface area contributed by atoms with E-state index < -0.39 is 24.2 Å². The lowest BCUT2D eigenvalue weighted by Gasteiger charge is -2.35. The van der Waals surface area contributed by atoms with Crippen LogP contribution in [0.5, 0.6) is 0 Å². The number of carbonyl (C=O) groups is 2. The molecule has 1 saturated heterocycles. The second-order valence-electron chi connectivity index (χ2n) is 7.44. The number of halogens is 3. The summed E-state index contributed by atoms with van der Waals surface area (Å²) in [5.74, 6) is -0.513. The molecule has 12 heteroatoms. The molecular formula is C19H20F3N7O2. The standard InChI is InChI=1S/C19H20F3N7O2/c1-10(19(20,21)22)25-17(30)13-2-3-14-16(26-13)29(12-5-7-28(14)9-12)18(31)27-15-8-11(23)4-6-24-15/h2-4,6,8,10,12H,5,7,9H2,1H3,(H,25,30)(H3,23,24,27,31)/t10-,12?/m1/s1. The van der Waals surface area contributed by atoms with Gasteiger partial charge in [-0.1, -0.05) is 0 Å². The number of rotatable bonds is 3. The van der Waals surface area contributed by atoms with Gasteiger partial charge in [-0.05, 0) is 31.5 Å². The molecular weight excluding hydrogens is 415 g/mol. The molecule has 164 valence electrons. The Bertz CT molecular complexity index is 1030. The fourth-order valence-corrected chi connectivity index (χ4v) is 3.64. The van der Waals surface area contributed by atoms with Crippen LogP contribution in [0.2, 0.25) is 0 Å². The number of fused-ring (bicyclic) bond motifs is 4. The van der Waals surface area contributed by atoms with Crippen molar-refractivity contribution in [1.29, 1.82) is 0 Å². The molecule has 2 aromatic rings. The Kier molecular flexibility index (Phi) is 5.07. The van der Waals surface area contributed by atoms with Crippen molar-refractivity contribution in [2.75, 3.05) is 33.9 Å². The number of pyridine rings is 2. The highest BCUT2D eigenvalue weighted by Crippen LogP contribution is 2.39. The topological polar surface area (TPSA) is 116 Å². The molecule has 1 fully saturated rings. The molecule has 2 bridgehead atoms. The van der Waals surface area contributed by atoms with Crippen molar-refractivity contribution >= 4 is 34.9 Å². The molecule has 31 heavy (non-hydrogen) atoms. The third-order valence-corrected chi connectivity index (χ3v) is 5.26. The zero-order chi connectivity index (χ0) is 22.3. The van der Waals surface area contributed by atoms with Gasteiger partial charge in [-0.2, -0.15) is 13.2 Å². The summed E-state index contributed by atoms with van der Waals surface area (Å²) in [5, 5.41) is 4.55. The van der Waals surface area contributed by atoms with Crippen molar-refractivity contribution in [2.24, 2.45) is 0 Å². The molecule has 0 radical (unpaired) electrons. The van der Waals surface area contributed by atoms with Gasteiger partial charge >= 0.3 is 12.2 Å². The molecule has 4 rings (SSSR count). The maximum atomic E-state index is 13.0. The van der Waals surface area contributed by atoms with Crippen LogP contribution in [0, 0.1) is 0 Å². The van der Waals surface area contributed by atoms with E-state index in [0.717, 1.165) is 6.92 Å². The summed E-state index contributed by atoms with van der Waals surface area (Å²) >= 11 is 0.